The van der Waals surface area contributed by atoms with Gasteiger partial charge in [0.25, 0.3) is 0 Å². The molecule has 0 heterocycles. The summed E-state index contributed by atoms with van der Waals surface area (Å²) in [6, 6.07) is 0. The predicted octanol–water partition coefficient (Wildman–Crippen LogP) is 2.84. The highest BCUT2D eigenvalue weighted by Crippen LogP contribution is 2.34. The molecule has 1 fully saturated rings. The summed E-state index contributed by atoms with van der Waals surface area (Å²) >= 11 is 0. The van der Waals surface area contributed by atoms with Gasteiger partial charge in [0.1, 0.15) is 0 Å². The van der Waals surface area contributed by atoms with Crippen LogP contribution in [-0.4, -0.2) is 19.0 Å². The van der Waals surface area contributed by atoms with Crippen molar-refractivity contribution in [2.45, 2.75) is 65.7 Å². The van der Waals surface area contributed by atoms with Gasteiger partial charge in [-0.3, -0.25) is 4.79 Å². The molecular weight excluding hydrogens is 224 g/mol. The summed E-state index contributed by atoms with van der Waals surface area (Å²) in [4.78, 5) is 11.8. The van der Waals surface area contributed by atoms with E-state index in [4.69, 9.17) is 5.73 Å². The fourth-order valence-corrected chi connectivity index (χ4v) is 2.62. The highest BCUT2D eigenvalue weighted by Gasteiger charge is 2.30. The first kappa shape index (κ1) is 15.5. The van der Waals surface area contributed by atoms with Gasteiger partial charge >= 0.3 is 0 Å². The number of hydrogen-bond donors (Lipinski definition) is 2. The fraction of sp³-hybridized carbons (Fsp3) is 0.933. The maximum atomic E-state index is 11.8. The van der Waals surface area contributed by atoms with E-state index in [-0.39, 0.29) is 16.7 Å². The first-order valence-electron chi connectivity index (χ1n) is 7.34. The summed E-state index contributed by atoms with van der Waals surface area (Å²) in [7, 11) is 0. The third kappa shape index (κ3) is 5.38. The lowest BCUT2D eigenvalue weighted by molar-refractivity contribution is -0.122. The monoisotopic (exact) mass is 254 g/mol. The van der Waals surface area contributed by atoms with Crippen molar-refractivity contribution in [3.63, 3.8) is 0 Å². The molecule has 1 aliphatic carbocycles. The molecule has 0 spiro atoms. The average molecular weight is 254 g/mol. The van der Waals surface area contributed by atoms with Crippen molar-refractivity contribution < 1.29 is 4.79 Å². The van der Waals surface area contributed by atoms with Crippen LogP contribution in [-0.2, 0) is 4.79 Å². The van der Waals surface area contributed by atoms with Gasteiger partial charge in [-0.25, -0.2) is 0 Å². The number of nitrogens with two attached hydrogens (primary N) is 1. The van der Waals surface area contributed by atoms with Gasteiger partial charge < -0.3 is 11.1 Å². The summed E-state index contributed by atoms with van der Waals surface area (Å²) < 4.78 is 0. The minimum atomic E-state index is 0.176. The lowest BCUT2D eigenvalue weighted by atomic mass is 9.74. The lowest BCUT2D eigenvalue weighted by Gasteiger charge is -2.36. The Labute approximate surface area is 112 Å². The first-order valence-corrected chi connectivity index (χ1v) is 7.34. The average Bonchev–Trinajstić information content (AvgIpc) is 2.34. The zero-order chi connectivity index (χ0) is 13.6. The van der Waals surface area contributed by atoms with Crippen LogP contribution in [0.3, 0.4) is 0 Å². The second-order valence-corrected chi connectivity index (χ2v) is 7.10. The van der Waals surface area contributed by atoms with E-state index in [1.807, 2.05) is 0 Å². The molecule has 0 saturated heterocycles. The van der Waals surface area contributed by atoms with Crippen molar-refractivity contribution in [1.29, 1.82) is 0 Å². The number of carbonyl (C=O) groups is 1. The molecule has 0 aromatic heterocycles. The van der Waals surface area contributed by atoms with Crippen molar-refractivity contribution in [1.82, 2.24) is 5.32 Å². The van der Waals surface area contributed by atoms with E-state index in [0.29, 0.717) is 13.0 Å². The van der Waals surface area contributed by atoms with Crippen molar-refractivity contribution in [3.05, 3.63) is 0 Å². The molecule has 106 valence electrons. The van der Waals surface area contributed by atoms with Gasteiger partial charge in [0.2, 0.25) is 5.91 Å². The summed E-state index contributed by atoms with van der Waals surface area (Å²) in [6.07, 6.45) is 7.74. The maximum Gasteiger partial charge on any atom is 0.220 e. The van der Waals surface area contributed by atoms with Crippen molar-refractivity contribution in [2.24, 2.45) is 16.6 Å². The molecule has 18 heavy (non-hydrogen) atoms. The Morgan fingerprint density at radius 1 is 1.22 bits per heavy atom. The standard InChI is InChI=1S/C15H30N2O/c1-14(2,3)10-7-13(18)17-12-15(11-16)8-5-4-6-9-15/h4-12,16H2,1-3H3,(H,17,18). The van der Waals surface area contributed by atoms with Gasteiger partial charge in [-0.2, -0.15) is 0 Å². The molecule has 0 aromatic rings. The molecule has 0 atom stereocenters. The van der Waals surface area contributed by atoms with E-state index in [1.54, 1.807) is 0 Å². The Morgan fingerprint density at radius 2 is 1.83 bits per heavy atom. The molecule has 3 N–H and O–H groups in total. The third-order valence-corrected chi connectivity index (χ3v) is 4.11. The Bertz CT molecular complexity index is 262. The summed E-state index contributed by atoms with van der Waals surface area (Å²) in [5, 5.41) is 3.10. The second kappa shape index (κ2) is 6.55. The predicted molar refractivity (Wildman–Crippen MR) is 76.3 cm³/mol. The van der Waals surface area contributed by atoms with Crippen LogP contribution in [0.15, 0.2) is 0 Å². The van der Waals surface area contributed by atoms with E-state index in [1.165, 1.54) is 32.1 Å². The van der Waals surface area contributed by atoms with Crippen LogP contribution < -0.4 is 11.1 Å². The van der Waals surface area contributed by atoms with Crippen molar-refractivity contribution in [3.8, 4) is 0 Å². The summed E-state index contributed by atoms with van der Waals surface area (Å²) in [6.45, 7) is 7.98. The van der Waals surface area contributed by atoms with Crippen LogP contribution in [0.5, 0.6) is 0 Å². The minimum Gasteiger partial charge on any atom is -0.355 e. The number of nitrogens with one attached hydrogen (secondary N) is 1. The third-order valence-electron chi connectivity index (χ3n) is 4.11. The molecule has 3 heteroatoms. The number of carbonyl (C=O) groups excluding carboxylic acids is 1. The van der Waals surface area contributed by atoms with Gasteiger partial charge in [-0.15, -0.1) is 0 Å². The maximum absolute atomic E-state index is 11.8. The molecule has 0 aliphatic heterocycles. The zero-order valence-electron chi connectivity index (χ0n) is 12.3. The van der Waals surface area contributed by atoms with E-state index in [2.05, 4.69) is 26.1 Å². The van der Waals surface area contributed by atoms with E-state index >= 15 is 0 Å². The molecular formula is C15H30N2O. The molecule has 0 unspecified atom stereocenters. The number of amides is 1. The smallest absolute Gasteiger partial charge is 0.220 e. The van der Waals surface area contributed by atoms with Gasteiger partial charge in [-0.1, -0.05) is 40.0 Å². The molecule has 0 bridgehead atoms. The van der Waals surface area contributed by atoms with Gasteiger partial charge in [-0.05, 0) is 36.6 Å². The van der Waals surface area contributed by atoms with Crippen LogP contribution in [0, 0.1) is 10.8 Å². The molecule has 0 aromatic carbocycles. The number of hydrogen-bond acceptors (Lipinski definition) is 2. The lowest BCUT2D eigenvalue weighted by Crippen LogP contribution is -2.43. The molecule has 0 radical (unpaired) electrons. The molecule has 1 saturated carbocycles. The van der Waals surface area contributed by atoms with E-state index < -0.39 is 0 Å². The van der Waals surface area contributed by atoms with E-state index in [9.17, 15) is 4.79 Å². The SMILES string of the molecule is CC(C)(C)CCC(=O)NCC1(CN)CCCCC1. The van der Waals surface area contributed by atoms with Gasteiger partial charge in [0, 0.05) is 13.0 Å². The van der Waals surface area contributed by atoms with Crippen molar-refractivity contribution >= 4 is 5.91 Å². The second-order valence-electron chi connectivity index (χ2n) is 7.10. The summed E-state index contributed by atoms with van der Waals surface area (Å²) in [5.41, 5.74) is 6.32. The topological polar surface area (TPSA) is 55.1 Å². The van der Waals surface area contributed by atoms with Gasteiger partial charge in [0.15, 0.2) is 0 Å². The van der Waals surface area contributed by atoms with Crippen LogP contribution in [0.2, 0.25) is 0 Å². The molecule has 1 aliphatic rings. The quantitative estimate of drug-likeness (QED) is 0.792. The Balaban J connectivity index is 2.32. The van der Waals surface area contributed by atoms with Crippen molar-refractivity contribution in [2.75, 3.05) is 13.1 Å². The molecule has 1 rings (SSSR count). The van der Waals surface area contributed by atoms with Crippen LogP contribution in [0.25, 0.3) is 0 Å². The number of rotatable bonds is 5. The largest absolute Gasteiger partial charge is 0.355 e. The highest BCUT2D eigenvalue weighted by atomic mass is 16.1. The summed E-state index contributed by atoms with van der Waals surface area (Å²) in [5.74, 6) is 0.184. The Kier molecular flexibility index (Phi) is 5.64. The fourth-order valence-electron chi connectivity index (χ4n) is 2.62. The first-order chi connectivity index (χ1) is 8.37. The van der Waals surface area contributed by atoms with Crippen LogP contribution >= 0.6 is 0 Å². The Morgan fingerprint density at radius 3 is 2.33 bits per heavy atom. The normalized spacial score (nSPS) is 19.6. The zero-order valence-corrected chi connectivity index (χ0v) is 12.3. The van der Waals surface area contributed by atoms with Crippen LogP contribution in [0.1, 0.15) is 65.7 Å². The molecule has 3 nitrogen and oxygen atoms in total. The highest BCUT2D eigenvalue weighted by molar-refractivity contribution is 5.75. The minimum absolute atomic E-state index is 0.176. The molecule has 1 amide bonds. The Hall–Kier alpha value is -0.570. The van der Waals surface area contributed by atoms with Crippen LogP contribution in [0.4, 0.5) is 0 Å². The van der Waals surface area contributed by atoms with E-state index in [0.717, 1.165) is 13.0 Å². The van der Waals surface area contributed by atoms with Gasteiger partial charge in [0.05, 0.1) is 0 Å².